The van der Waals surface area contributed by atoms with E-state index in [0.29, 0.717) is 41.7 Å². The largest absolute Gasteiger partial charge is 0.486 e. The molecule has 0 aliphatic carbocycles. The number of pyridine rings is 1. The summed E-state index contributed by atoms with van der Waals surface area (Å²) < 4.78 is 72.5. The lowest BCUT2D eigenvalue weighted by atomic mass is 10.0. The number of hydrogen-bond donors (Lipinski definition) is 1. The zero-order chi connectivity index (χ0) is 26.2. The van der Waals surface area contributed by atoms with Crippen molar-refractivity contribution in [3.63, 3.8) is 0 Å². The summed E-state index contributed by atoms with van der Waals surface area (Å²) in [4.78, 5) is 12.2. The van der Waals surface area contributed by atoms with E-state index in [1.807, 2.05) is 13.0 Å². The molecule has 0 amide bonds. The summed E-state index contributed by atoms with van der Waals surface area (Å²) in [5.74, 6) is -1.62. The second kappa shape index (κ2) is 9.87. The third kappa shape index (κ3) is 5.02. The molecule has 1 unspecified atom stereocenters. The van der Waals surface area contributed by atoms with Gasteiger partial charge in [0.05, 0.1) is 20.3 Å². The van der Waals surface area contributed by atoms with Gasteiger partial charge in [-0.15, -0.1) is 0 Å². The molecule has 1 N–H and O–H groups in total. The fourth-order valence-electron chi connectivity index (χ4n) is 4.04. The number of rotatable bonds is 7. The Morgan fingerprint density at radius 1 is 1.08 bits per heavy atom. The van der Waals surface area contributed by atoms with Gasteiger partial charge in [-0.1, -0.05) is 0 Å². The van der Waals surface area contributed by atoms with E-state index in [1.165, 1.54) is 25.7 Å². The maximum absolute atomic E-state index is 14.2. The molecule has 192 valence electrons. The minimum atomic E-state index is -4.43. The van der Waals surface area contributed by atoms with E-state index in [-0.39, 0.29) is 17.7 Å². The highest BCUT2D eigenvalue weighted by Gasteiger charge is 2.23. The highest BCUT2D eigenvalue weighted by molar-refractivity contribution is 7.92. The Labute approximate surface area is 211 Å². The summed E-state index contributed by atoms with van der Waals surface area (Å²) in [6.45, 7) is 2.92. The monoisotopic (exact) mass is 528 g/mol. The number of aryl methyl sites for hydroxylation is 1. The fourth-order valence-corrected chi connectivity index (χ4v) is 5.15. The number of sulfonamides is 1. The summed E-state index contributed by atoms with van der Waals surface area (Å²) in [6, 6.07) is 7.35. The summed E-state index contributed by atoms with van der Waals surface area (Å²) in [5, 5.41) is 0.750. The Balaban J connectivity index is 1.58. The maximum Gasteiger partial charge on any atom is 0.264 e. The van der Waals surface area contributed by atoms with E-state index in [9.17, 15) is 17.2 Å². The van der Waals surface area contributed by atoms with Crippen molar-refractivity contribution < 1.29 is 31.4 Å². The highest BCUT2D eigenvalue weighted by atomic mass is 32.2. The van der Waals surface area contributed by atoms with Gasteiger partial charge >= 0.3 is 0 Å². The van der Waals surface area contributed by atoms with Gasteiger partial charge in [-0.2, -0.15) is 0 Å². The molecule has 5 rings (SSSR count). The predicted molar refractivity (Wildman–Crippen MR) is 131 cm³/mol. The highest BCUT2D eigenvalue weighted by Crippen LogP contribution is 2.36. The predicted octanol–water partition coefficient (Wildman–Crippen LogP) is 4.26. The van der Waals surface area contributed by atoms with Crippen molar-refractivity contribution in [1.29, 1.82) is 0 Å². The van der Waals surface area contributed by atoms with Crippen molar-refractivity contribution >= 4 is 26.6 Å². The second-order valence-electron chi connectivity index (χ2n) is 8.39. The lowest BCUT2D eigenvalue weighted by molar-refractivity contribution is 0.142. The first-order chi connectivity index (χ1) is 17.7. The van der Waals surface area contributed by atoms with E-state index in [1.54, 1.807) is 6.07 Å². The van der Waals surface area contributed by atoms with Crippen molar-refractivity contribution in [3.8, 4) is 22.8 Å². The third-order valence-electron chi connectivity index (χ3n) is 5.89. The number of nitrogens with one attached hydrogen (secondary N) is 1. The zero-order valence-corrected chi connectivity index (χ0v) is 20.7. The van der Waals surface area contributed by atoms with Gasteiger partial charge < -0.3 is 14.2 Å². The van der Waals surface area contributed by atoms with Gasteiger partial charge in [0.1, 0.15) is 45.9 Å². The summed E-state index contributed by atoms with van der Waals surface area (Å²) in [6.07, 6.45) is 3.59. The molecule has 12 heteroatoms. The van der Waals surface area contributed by atoms with Gasteiger partial charge in [-0.25, -0.2) is 32.2 Å². The summed E-state index contributed by atoms with van der Waals surface area (Å²) in [7, 11) is -3.10. The molecule has 0 bridgehead atoms. The second-order valence-corrected chi connectivity index (χ2v) is 10.0. The topological polar surface area (TPSA) is 113 Å². The van der Waals surface area contributed by atoms with Crippen LogP contribution < -0.4 is 14.2 Å². The number of hydrogen-bond acceptors (Lipinski definition) is 8. The summed E-state index contributed by atoms with van der Waals surface area (Å²) >= 11 is 0. The molecule has 3 heterocycles. The molecule has 0 saturated carbocycles. The smallest absolute Gasteiger partial charge is 0.264 e. The van der Waals surface area contributed by atoms with Crippen molar-refractivity contribution in [2.45, 2.75) is 24.3 Å². The molecule has 1 atom stereocenters. The Morgan fingerprint density at radius 2 is 1.92 bits per heavy atom. The van der Waals surface area contributed by atoms with Gasteiger partial charge in [0, 0.05) is 35.3 Å². The van der Waals surface area contributed by atoms with Crippen LogP contribution in [0.1, 0.15) is 12.1 Å². The quantitative estimate of drug-likeness (QED) is 0.379. The third-order valence-corrected chi connectivity index (χ3v) is 7.29. The Hall–Kier alpha value is -3.90. The number of fused-ring (bicyclic) bond motifs is 1. The first kappa shape index (κ1) is 24.8. The van der Waals surface area contributed by atoms with Crippen molar-refractivity contribution in [3.05, 3.63) is 66.3 Å². The molecule has 37 heavy (non-hydrogen) atoms. The van der Waals surface area contributed by atoms with Crippen LogP contribution in [0.15, 0.2) is 53.8 Å². The number of nitrogens with zero attached hydrogens (tertiary/aromatic N) is 3. The van der Waals surface area contributed by atoms with E-state index in [2.05, 4.69) is 19.7 Å². The average Bonchev–Trinajstić information content (AvgIpc) is 3.37. The number of methoxy groups -OCH3 is 1. The lowest BCUT2D eigenvalue weighted by Crippen LogP contribution is -2.16. The Morgan fingerprint density at radius 3 is 2.65 bits per heavy atom. The van der Waals surface area contributed by atoms with Gasteiger partial charge in [-0.05, 0) is 42.8 Å². The van der Waals surface area contributed by atoms with Crippen LogP contribution >= 0.6 is 0 Å². The molecule has 1 aliphatic heterocycles. The molecule has 0 radical (unpaired) electrons. The van der Waals surface area contributed by atoms with Crippen LogP contribution in [0, 0.1) is 18.6 Å². The first-order valence-electron chi connectivity index (χ1n) is 11.3. The van der Waals surface area contributed by atoms with Crippen LogP contribution in [0.4, 0.5) is 14.5 Å². The van der Waals surface area contributed by atoms with Gasteiger partial charge in [0.2, 0.25) is 5.88 Å². The van der Waals surface area contributed by atoms with E-state index < -0.39 is 26.6 Å². The maximum atomic E-state index is 14.2. The first-order valence-corrected chi connectivity index (χ1v) is 12.8. The Kier molecular flexibility index (Phi) is 6.61. The van der Waals surface area contributed by atoms with E-state index >= 15 is 0 Å². The van der Waals surface area contributed by atoms with E-state index in [4.69, 9.17) is 14.2 Å². The van der Waals surface area contributed by atoms with Gasteiger partial charge in [0.25, 0.3) is 10.0 Å². The fraction of sp³-hybridized carbons (Fsp3) is 0.240. The minimum Gasteiger partial charge on any atom is -0.486 e. The van der Waals surface area contributed by atoms with Crippen LogP contribution in [-0.2, 0) is 14.8 Å². The molecule has 2 aromatic heterocycles. The molecular formula is C25H22F2N4O5S. The molecule has 1 saturated heterocycles. The van der Waals surface area contributed by atoms with Crippen LogP contribution in [0.5, 0.6) is 11.6 Å². The normalized spacial score (nSPS) is 15.6. The molecule has 9 nitrogen and oxygen atoms in total. The molecule has 1 fully saturated rings. The van der Waals surface area contributed by atoms with Crippen LogP contribution in [0.2, 0.25) is 0 Å². The van der Waals surface area contributed by atoms with Crippen LogP contribution in [0.3, 0.4) is 0 Å². The number of benzene rings is 2. The number of halogens is 2. The zero-order valence-electron chi connectivity index (χ0n) is 19.9. The molecule has 2 aromatic carbocycles. The lowest BCUT2D eigenvalue weighted by Gasteiger charge is -2.17. The van der Waals surface area contributed by atoms with Crippen LogP contribution in [0.25, 0.3) is 22.0 Å². The van der Waals surface area contributed by atoms with Crippen molar-refractivity contribution in [2.75, 3.05) is 25.0 Å². The number of aromatic nitrogens is 3. The van der Waals surface area contributed by atoms with E-state index in [0.717, 1.165) is 29.6 Å². The number of ether oxygens (including phenoxy) is 3. The van der Waals surface area contributed by atoms with Gasteiger partial charge in [-0.3, -0.25) is 4.72 Å². The van der Waals surface area contributed by atoms with Crippen molar-refractivity contribution in [2.24, 2.45) is 0 Å². The number of anilines is 1. The average molecular weight is 529 g/mol. The summed E-state index contributed by atoms with van der Waals surface area (Å²) in [5.41, 5.74) is 2.51. The SMILES string of the molecule is COc1ncc(-c2cc(OC3CCOC3)c3ncnc(C)c3c2)cc1NS(=O)(=O)c1ccc(F)cc1F. The van der Waals surface area contributed by atoms with Gasteiger partial charge in [0.15, 0.2) is 0 Å². The molecule has 4 aromatic rings. The molecule has 1 aliphatic rings. The van der Waals surface area contributed by atoms with Crippen molar-refractivity contribution in [1.82, 2.24) is 15.0 Å². The molecular weight excluding hydrogens is 506 g/mol. The van der Waals surface area contributed by atoms with Crippen LogP contribution in [-0.4, -0.2) is 49.8 Å². The Bertz CT molecular complexity index is 1590. The standard InChI is InChI=1S/C25H22F2N4O5S/c1-14-19-7-15(9-22(24(19)30-13-29-14)36-18-5-6-35-12-18)16-8-21(25(34-2)28-11-16)31-37(32,33)23-4-3-17(26)10-20(23)27/h3-4,7-11,13,18,31H,5-6,12H2,1-2H3. The molecule has 0 spiro atoms. The minimum absolute atomic E-state index is 0.0310.